The summed E-state index contributed by atoms with van der Waals surface area (Å²) in [7, 11) is -1.94. The zero-order valence-electron chi connectivity index (χ0n) is 12.5. The number of hydrogen-bond donors (Lipinski definition) is 0. The summed E-state index contributed by atoms with van der Waals surface area (Å²) in [6, 6.07) is 14.1. The van der Waals surface area contributed by atoms with Gasteiger partial charge in [0.05, 0.1) is 11.5 Å². The third kappa shape index (κ3) is 4.09. The summed E-state index contributed by atoms with van der Waals surface area (Å²) < 4.78 is 32.7. The lowest BCUT2D eigenvalue weighted by Crippen LogP contribution is -2.26. The second-order valence-electron chi connectivity index (χ2n) is 4.79. The molecule has 0 aromatic heterocycles. The maximum absolute atomic E-state index is 12.5. The highest BCUT2D eigenvalue weighted by molar-refractivity contribution is 9.10. The van der Waals surface area contributed by atoms with E-state index in [1.165, 1.54) is 4.31 Å². The van der Waals surface area contributed by atoms with Gasteiger partial charge in [0.1, 0.15) is 5.75 Å². The number of benzene rings is 2. The summed E-state index contributed by atoms with van der Waals surface area (Å²) in [6.07, 6.45) is 0. The number of rotatable bonds is 6. The quantitative estimate of drug-likeness (QED) is 0.764. The van der Waals surface area contributed by atoms with Crippen LogP contribution in [0.25, 0.3) is 0 Å². The normalized spacial score (nSPS) is 11.6. The Hall–Kier alpha value is -1.37. The Morgan fingerprint density at radius 3 is 2.18 bits per heavy atom. The maximum atomic E-state index is 12.5. The van der Waals surface area contributed by atoms with Gasteiger partial charge in [0.25, 0.3) is 0 Å². The van der Waals surface area contributed by atoms with E-state index < -0.39 is 10.0 Å². The summed E-state index contributed by atoms with van der Waals surface area (Å²) in [5, 5.41) is 0. The second-order valence-corrected chi connectivity index (χ2v) is 7.75. The van der Waals surface area contributed by atoms with Gasteiger partial charge < -0.3 is 4.74 Å². The Morgan fingerprint density at radius 2 is 1.64 bits per heavy atom. The van der Waals surface area contributed by atoms with Gasteiger partial charge in [-0.2, -0.15) is 4.31 Å². The van der Waals surface area contributed by atoms with Crippen molar-refractivity contribution < 1.29 is 13.2 Å². The number of halogens is 1. The average Bonchev–Trinajstić information content (AvgIpc) is 2.50. The van der Waals surface area contributed by atoms with Gasteiger partial charge in [0.15, 0.2) is 0 Å². The van der Waals surface area contributed by atoms with Gasteiger partial charge in [0.2, 0.25) is 10.0 Å². The van der Waals surface area contributed by atoms with E-state index in [2.05, 4.69) is 15.9 Å². The van der Waals surface area contributed by atoms with Crippen LogP contribution in [0.3, 0.4) is 0 Å². The van der Waals surface area contributed by atoms with Crippen molar-refractivity contribution in [2.45, 2.75) is 18.4 Å². The van der Waals surface area contributed by atoms with Crippen molar-refractivity contribution in [1.29, 1.82) is 0 Å². The van der Waals surface area contributed by atoms with Gasteiger partial charge in [0, 0.05) is 18.1 Å². The smallest absolute Gasteiger partial charge is 0.243 e. The third-order valence-electron chi connectivity index (χ3n) is 3.16. The number of hydrogen-bond acceptors (Lipinski definition) is 3. The van der Waals surface area contributed by atoms with E-state index in [0.29, 0.717) is 18.9 Å². The molecule has 0 amide bonds. The van der Waals surface area contributed by atoms with E-state index in [-0.39, 0.29) is 4.90 Å². The fraction of sp³-hybridized carbons (Fsp3) is 0.250. The molecule has 0 heterocycles. The van der Waals surface area contributed by atoms with E-state index in [1.54, 1.807) is 31.3 Å². The van der Waals surface area contributed by atoms with E-state index >= 15 is 0 Å². The van der Waals surface area contributed by atoms with Crippen molar-refractivity contribution in [3.05, 3.63) is 58.6 Å². The lowest BCUT2D eigenvalue weighted by atomic mass is 10.2. The summed E-state index contributed by atoms with van der Waals surface area (Å²) in [4.78, 5) is 0.260. The molecule has 0 atom stereocenters. The summed E-state index contributed by atoms with van der Waals surface area (Å²) in [5.74, 6) is 0.664. The topological polar surface area (TPSA) is 46.6 Å². The minimum atomic E-state index is -3.51. The van der Waals surface area contributed by atoms with Gasteiger partial charge in [-0.15, -0.1) is 0 Å². The minimum Gasteiger partial charge on any atom is -0.494 e. The van der Waals surface area contributed by atoms with Crippen molar-refractivity contribution >= 4 is 26.0 Å². The first-order valence-electron chi connectivity index (χ1n) is 6.87. The largest absolute Gasteiger partial charge is 0.494 e. The van der Waals surface area contributed by atoms with Gasteiger partial charge in [-0.05, 0) is 48.9 Å². The fourth-order valence-electron chi connectivity index (χ4n) is 1.99. The Bertz CT molecular complexity index is 712. The maximum Gasteiger partial charge on any atom is 0.243 e. The van der Waals surface area contributed by atoms with Crippen LogP contribution in [0.4, 0.5) is 0 Å². The minimum absolute atomic E-state index is 0.260. The molecule has 0 aliphatic heterocycles. The van der Waals surface area contributed by atoms with Crippen molar-refractivity contribution in [1.82, 2.24) is 4.31 Å². The molecule has 0 saturated heterocycles. The molecule has 0 fully saturated rings. The highest BCUT2D eigenvalue weighted by atomic mass is 79.9. The van der Waals surface area contributed by atoms with Crippen LogP contribution in [0.1, 0.15) is 12.5 Å². The lowest BCUT2D eigenvalue weighted by molar-refractivity contribution is 0.340. The zero-order chi connectivity index (χ0) is 16.2. The molecule has 4 nitrogen and oxygen atoms in total. The average molecular weight is 384 g/mol. The van der Waals surface area contributed by atoms with Crippen molar-refractivity contribution in [3.8, 4) is 5.75 Å². The van der Waals surface area contributed by atoms with Gasteiger partial charge in [-0.25, -0.2) is 8.42 Å². The SMILES string of the molecule is CCOc1ccc(S(=O)(=O)N(C)Cc2ccc(Br)cc2)cc1. The molecule has 0 aliphatic rings. The summed E-state index contributed by atoms with van der Waals surface area (Å²) in [5.41, 5.74) is 0.931. The molecule has 2 aromatic rings. The summed E-state index contributed by atoms with van der Waals surface area (Å²) in [6.45, 7) is 2.76. The number of nitrogens with zero attached hydrogens (tertiary/aromatic N) is 1. The Kier molecular flexibility index (Phi) is 5.61. The summed E-state index contributed by atoms with van der Waals surface area (Å²) >= 11 is 3.36. The van der Waals surface area contributed by atoms with E-state index in [1.807, 2.05) is 31.2 Å². The van der Waals surface area contributed by atoms with Gasteiger partial charge >= 0.3 is 0 Å². The van der Waals surface area contributed by atoms with Crippen LogP contribution < -0.4 is 4.74 Å². The van der Waals surface area contributed by atoms with Crippen molar-refractivity contribution in [3.63, 3.8) is 0 Å². The van der Waals surface area contributed by atoms with Crippen LogP contribution in [0.2, 0.25) is 0 Å². The molecule has 6 heteroatoms. The highest BCUT2D eigenvalue weighted by Gasteiger charge is 2.20. The third-order valence-corrected chi connectivity index (χ3v) is 5.51. The Balaban J connectivity index is 2.16. The van der Waals surface area contributed by atoms with Crippen LogP contribution in [-0.2, 0) is 16.6 Å². The van der Waals surface area contributed by atoms with Crippen LogP contribution in [0.15, 0.2) is 57.9 Å². The van der Waals surface area contributed by atoms with Crippen LogP contribution in [-0.4, -0.2) is 26.4 Å². The van der Waals surface area contributed by atoms with Crippen molar-refractivity contribution in [2.24, 2.45) is 0 Å². The molecule has 118 valence electrons. The second kappa shape index (κ2) is 7.26. The van der Waals surface area contributed by atoms with Crippen LogP contribution in [0.5, 0.6) is 5.75 Å². The predicted molar refractivity (Wildman–Crippen MR) is 90.4 cm³/mol. The molecular formula is C16H18BrNO3S. The van der Waals surface area contributed by atoms with Crippen molar-refractivity contribution in [2.75, 3.05) is 13.7 Å². The monoisotopic (exact) mass is 383 g/mol. The standard InChI is InChI=1S/C16H18BrNO3S/c1-3-21-15-8-10-16(11-9-15)22(19,20)18(2)12-13-4-6-14(17)7-5-13/h4-11H,3,12H2,1-2H3. The molecule has 22 heavy (non-hydrogen) atoms. The van der Waals surface area contributed by atoms with E-state index in [0.717, 1.165) is 10.0 Å². The fourth-order valence-corrected chi connectivity index (χ4v) is 3.41. The molecular weight excluding hydrogens is 366 g/mol. The molecule has 0 spiro atoms. The molecule has 0 unspecified atom stereocenters. The Labute approximate surface area is 139 Å². The molecule has 0 radical (unpaired) electrons. The molecule has 2 rings (SSSR count). The van der Waals surface area contributed by atoms with E-state index in [9.17, 15) is 8.42 Å². The van der Waals surface area contributed by atoms with Crippen LogP contribution in [0, 0.1) is 0 Å². The number of ether oxygens (including phenoxy) is 1. The highest BCUT2D eigenvalue weighted by Crippen LogP contribution is 2.20. The first-order valence-corrected chi connectivity index (χ1v) is 9.10. The van der Waals surface area contributed by atoms with Gasteiger partial charge in [-0.3, -0.25) is 0 Å². The molecule has 0 N–H and O–H groups in total. The number of sulfonamides is 1. The van der Waals surface area contributed by atoms with Crippen LogP contribution >= 0.6 is 15.9 Å². The zero-order valence-corrected chi connectivity index (χ0v) is 14.9. The molecule has 0 saturated carbocycles. The van der Waals surface area contributed by atoms with E-state index in [4.69, 9.17) is 4.74 Å². The lowest BCUT2D eigenvalue weighted by Gasteiger charge is -2.17. The molecule has 2 aromatic carbocycles. The molecule has 0 aliphatic carbocycles. The first kappa shape index (κ1) is 17.0. The Morgan fingerprint density at radius 1 is 1.05 bits per heavy atom. The molecule has 0 bridgehead atoms. The first-order chi connectivity index (χ1) is 10.4. The predicted octanol–water partition coefficient (Wildman–Crippen LogP) is 3.67. The van der Waals surface area contributed by atoms with Gasteiger partial charge in [-0.1, -0.05) is 28.1 Å².